The molecular formula is C13H14F2N2O3. The van der Waals surface area contributed by atoms with Crippen LogP contribution in [0.25, 0.3) is 0 Å². The second kappa shape index (κ2) is 4.73. The molecule has 7 heteroatoms. The molecule has 0 aliphatic carbocycles. The maximum absolute atomic E-state index is 13.3. The van der Waals surface area contributed by atoms with Crippen molar-refractivity contribution < 1.29 is 23.5 Å². The summed E-state index contributed by atoms with van der Waals surface area (Å²) in [5, 5.41) is 11.5. The molecule has 0 aromatic heterocycles. The van der Waals surface area contributed by atoms with Crippen LogP contribution in [-0.4, -0.2) is 29.1 Å². The number of carboxylic acids is 1. The Balaban J connectivity index is 2.47. The number of nitrogens with zero attached hydrogens (tertiary/aromatic N) is 1. The Morgan fingerprint density at radius 3 is 2.55 bits per heavy atom. The molecule has 2 rings (SSSR count). The monoisotopic (exact) mass is 284 g/mol. The van der Waals surface area contributed by atoms with Gasteiger partial charge in [0.2, 0.25) is 0 Å². The Bertz CT molecular complexity index is 587. The van der Waals surface area contributed by atoms with Crippen molar-refractivity contribution in [2.45, 2.75) is 25.8 Å². The first-order valence-corrected chi connectivity index (χ1v) is 6.03. The van der Waals surface area contributed by atoms with Crippen LogP contribution in [0.3, 0.4) is 0 Å². The predicted molar refractivity (Wildman–Crippen MR) is 68.7 cm³/mol. The summed E-state index contributed by atoms with van der Waals surface area (Å²) in [5.41, 5.74) is -0.608. The quantitative estimate of drug-likeness (QED) is 0.890. The molecule has 0 spiro atoms. The average Bonchev–Trinajstić information content (AvgIpc) is 2.32. The molecule has 1 aromatic rings. The number of amides is 1. The van der Waals surface area contributed by atoms with Gasteiger partial charge in [0.15, 0.2) is 11.6 Å². The lowest BCUT2D eigenvalue weighted by Crippen LogP contribution is -2.54. The lowest BCUT2D eigenvalue weighted by molar-refractivity contribution is -0.136. The molecule has 5 nitrogen and oxygen atoms in total. The minimum atomic E-state index is -1.08. The Kier molecular flexibility index (Phi) is 3.37. The van der Waals surface area contributed by atoms with E-state index in [0.29, 0.717) is 0 Å². The smallest absolute Gasteiger partial charge is 0.305 e. The van der Waals surface area contributed by atoms with Gasteiger partial charge in [0.05, 0.1) is 17.8 Å². The highest BCUT2D eigenvalue weighted by Gasteiger charge is 2.39. The normalized spacial score (nSPS) is 16.6. The van der Waals surface area contributed by atoms with Crippen LogP contribution < -0.4 is 10.2 Å². The molecule has 1 aliphatic rings. The number of hydrogen-bond acceptors (Lipinski definition) is 3. The number of hydrogen-bond donors (Lipinski definition) is 2. The molecular weight excluding hydrogens is 270 g/mol. The van der Waals surface area contributed by atoms with Gasteiger partial charge in [-0.15, -0.1) is 0 Å². The molecule has 0 bridgehead atoms. The summed E-state index contributed by atoms with van der Waals surface area (Å²) in [6.45, 7) is 3.08. The van der Waals surface area contributed by atoms with Crippen molar-refractivity contribution in [2.24, 2.45) is 0 Å². The van der Waals surface area contributed by atoms with Gasteiger partial charge in [-0.05, 0) is 13.8 Å². The molecule has 1 aromatic carbocycles. The zero-order valence-corrected chi connectivity index (χ0v) is 11.0. The zero-order valence-electron chi connectivity index (χ0n) is 11.0. The van der Waals surface area contributed by atoms with Gasteiger partial charge < -0.3 is 15.3 Å². The summed E-state index contributed by atoms with van der Waals surface area (Å²) in [6.07, 6.45) is -0.278. The molecule has 1 heterocycles. The van der Waals surface area contributed by atoms with Crippen LogP contribution in [0.1, 0.15) is 20.3 Å². The SMILES string of the molecule is CC1(C)Nc2cc(F)c(F)cc2N(CCC(=O)O)C1=O. The summed E-state index contributed by atoms with van der Waals surface area (Å²) in [4.78, 5) is 24.1. The topological polar surface area (TPSA) is 69.6 Å². The van der Waals surface area contributed by atoms with Crippen LogP contribution in [-0.2, 0) is 9.59 Å². The highest BCUT2D eigenvalue weighted by Crippen LogP contribution is 2.36. The van der Waals surface area contributed by atoms with Crippen molar-refractivity contribution in [2.75, 3.05) is 16.8 Å². The molecule has 0 fully saturated rings. The number of carboxylic acid groups (broad SMARTS) is 1. The maximum atomic E-state index is 13.3. The summed E-state index contributed by atoms with van der Waals surface area (Å²) in [7, 11) is 0. The molecule has 0 unspecified atom stereocenters. The van der Waals surface area contributed by atoms with Crippen molar-refractivity contribution >= 4 is 23.3 Å². The second-order valence-electron chi connectivity index (χ2n) is 5.13. The standard InChI is InChI=1S/C13H14F2N2O3/c1-13(2)12(20)17(4-3-11(18)19)10-6-8(15)7(14)5-9(10)16-13/h5-6,16H,3-4H2,1-2H3,(H,18,19). The highest BCUT2D eigenvalue weighted by molar-refractivity contribution is 6.07. The van der Waals surface area contributed by atoms with Crippen molar-refractivity contribution in [1.82, 2.24) is 0 Å². The van der Waals surface area contributed by atoms with Gasteiger partial charge in [-0.25, -0.2) is 8.78 Å². The lowest BCUT2D eigenvalue weighted by atomic mass is 9.97. The van der Waals surface area contributed by atoms with Crippen molar-refractivity contribution in [3.8, 4) is 0 Å². The molecule has 1 aliphatic heterocycles. The van der Waals surface area contributed by atoms with E-state index < -0.39 is 29.0 Å². The summed E-state index contributed by atoms with van der Waals surface area (Å²) in [5.74, 6) is -3.58. The number of aliphatic carboxylic acids is 1. The third-order valence-electron chi connectivity index (χ3n) is 3.11. The van der Waals surface area contributed by atoms with Crippen LogP contribution >= 0.6 is 0 Å². The van der Waals surface area contributed by atoms with Gasteiger partial charge in [-0.1, -0.05) is 0 Å². The van der Waals surface area contributed by atoms with E-state index in [1.165, 1.54) is 4.90 Å². The number of halogens is 2. The number of rotatable bonds is 3. The summed E-state index contributed by atoms with van der Waals surface area (Å²) < 4.78 is 26.6. The van der Waals surface area contributed by atoms with E-state index >= 15 is 0 Å². The predicted octanol–water partition coefficient (Wildman–Crippen LogP) is 1.98. The molecule has 0 saturated carbocycles. The Labute approximate surface area is 114 Å². The van der Waals surface area contributed by atoms with Gasteiger partial charge in [0.1, 0.15) is 5.54 Å². The molecule has 108 valence electrons. The minimum absolute atomic E-state index is 0.0999. The molecule has 2 N–H and O–H groups in total. The number of nitrogens with one attached hydrogen (secondary N) is 1. The first-order valence-electron chi connectivity index (χ1n) is 6.03. The molecule has 0 atom stereocenters. The van der Waals surface area contributed by atoms with Crippen LogP contribution in [0.15, 0.2) is 12.1 Å². The maximum Gasteiger partial charge on any atom is 0.305 e. The van der Waals surface area contributed by atoms with Gasteiger partial charge in [-0.2, -0.15) is 0 Å². The minimum Gasteiger partial charge on any atom is -0.481 e. The third-order valence-corrected chi connectivity index (χ3v) is 3.11. The van der Waals surface area contributed by atoms with Crippen LogP contribution in [0, 0.1) is 11.6 Å². The Hall–Kier alpha value is -2.18. The van der Waals surface area contributed by atoms with E-state index in [0.717, 1.165) is 12.1 Å². The van der Waals surface area contributed by atoms with E-state index in [2.05, 4.69) is 5.32 Å². The van der Waals surface area contributed by atoms with Gasteiger partial charge in [0.25, 0.3) is 5.91 Å². The first-order chi connectivity index (χ1) is 9.22. The highest BCUT2D eigenvalue weighted by atomic mass is 19.2. The molecule has 20 heavy (non-hydrogen) atoms. The number of carbonyl (C=O) groups excluding carboxylic acids is 1. The fourth-order valence-electron chi connectivity index (χ4n) is 2.13. The lowest BCUT2D eigenvalue weighted by Gasteiger charge is -2.39. The zero-order chi connectivity index (χ0) is 15.1. The Morgan fingerprint density at radius 2 is 1.95 bits per heavy atom. The summed E-state index contributed by atoms with van der Waals surface area (Å²) >= 11 is 0. The number of carbonyl (C=O) groups is 2. The number of fused-ring (bicyclic) bond motifs is 1. The molecule has 0 radical (unpaired) electrons. The fourth-order valence-corrected chi connectivity index (χ4v) is 2.13. The third kappa shape index (κ3) is 2.43. The average molecular weight is 284 g/mol. The van der Waals surface area contributed by atoms with E-state index in [-0.39, 0.29) is 24.3 Å². The van der Waals surface area contributed by atoms with E-state index in [1.54, 1.807) is 13.8 Å². The second-order valence-corrected chi connectivity index (χ2v) is 5.13. The molecule has 0 saturated heterocycles. The van der Waals surface area contributed by atoms with Crippen molar-refractivity contribution in [3.05, 3.63) is 23.8 Å². The van der Waals surface area contributed by atoms with Gasteiger partial charge in [-0.3, -0.25) is 9.59 Å². The van der Waals surface area contributed by atoms with E-state index in [1.807, 2.05) is 0 Å². The fraction of sp³-hybridized carbons (Fsp3) is 0.385. The Morgan fingerprint density at radius 1 is 1.35 bits per heavy atom. The van der Waals surface area contributed by atoms with E-state index in [4.69, 9.17) is 5.11 Å². The van der Waals surface area contributed by atoms with Gasteiger partial charge in [0, 0.05) is 18.7 Å². The van der Waals surface area contributed by atoms with Crippen molar-refractivity contribution in [1.29, 1.82) is 0 Å². The van der Waals surface area contributed by atoms with Crippen LogP contribution in [0.2, 0.25) is 0 Å². The van der Waals surface area contributed by atoms with Gasteiger partial charge >= 0.3 is 5.97 Å². The number of anilines is 2. The van der Waals surface area contributed by atoms with Crippen LogP contribution in [0.5, 0.6) is 0 Å². The largest absolute Gasteiger partial charge is 0.481 e. The van der Waals surface area contributed by atoms with E-state index in [9.17, 15) is 18.4 Å². The summed E-state index contributed by atoms with van der Waals surface area (Å²) in [6, 6.07) is 1.86. The first kappa shape index (κ1) is 14.2. The van der Waals surface area contributed by atoms with Crippen molar-refractivity contribution in [3.63, 3.8) is 0 Å². The number of benzene rings is 1. The van der Waals surface area contributed by atoms with Crippen LogP contribution in [0.4, 0.5) is 20.2 Å². The molecule has 1 amide bonds.